The van der Waals surface area contributed by atoms with Gasteiger partial charge in [-0.05, 0) is 35.9 Å². The Balaban J connectivity index is 1.86. The molecule has 128 valence electrons. The van der Waals surface area contributed by atoms with E-state index >= 15 is 0 Å². The van der Waals surface area contributed by atoms with Gasteiger partial charge in [0.2, 0.25) is 0 Å². The number of fused-ring (bicyclic) bond motifs is 1. The number of ether oxygens (including phenoxy) is 3. The van der Waals surface area contributed by atoms with Gasteiger partial charge in [0.05, 0.1) is 33.1 Å². The van der Waals surface area contributed by atoms with E-state index < -0.39 is 0 Å². The van der Waals surface area contributed by atoms with E-state index in [1.165, 1.54) is 6.33 Å². The van der Waals surface area contributed by atoms with Gasteiger partial charge >= 0.3 is 0 Å². The first-order valence-corrected chi connectivity index (χ1v) is 7.55. The van der Waals surface area contributed by atoms with Crippen molar-refractivity contribution in [1.82, 2.24) is 9.97 Å². The Morgan fingerprint density at radius 2 is 1.64 bits per heavy atom. The lowest BCUT2D eigenvalue weighted by Gasteiger charge is -2.10. The van der Waals surface area contributed by atoms with E-state index in [2.05, 4.69) is 20.5 Å². The molecule has 2 aromatic carbocycles. The van der Waals surface area contributed by atoms with Gasteiger partial charge in [-0.25, -0.2) is 9.97 Å². The summed E-state index contributed by atoms with van der Waals surface area (Å²) in [4.78, 5) is 8.50. The van der Waals surface area contributed by atoms with Gasteiger partial charge in [0, 0.05) is 11.5 Å². The van der Waals surface area contributed by atoms with Crippen LogP contribution in [-0.4, -0.2) is 37.5 Å². The summed E-state index contributed by atoms with van der Waals surface area (Å²) in [6.07, 6.45) is 3.17. The molecule has 1 N–H and O–H groups in total. The van der Waals surface area contributed by atoms with Crippen molar-refractivity contribution in [2.75, 3.05) is 26.8 Å². The van der Waals surface area contributed by atoms with Gasteiger partial charge in [0.25, 0.3) is 0 Å². The summed E-state index contributed by atoms with van der Waals surface area (Å²) < 4.78 is 15.8. The van der Waals surface area contributed by atoms with Crippen molar-refractivity contribution in [3.8, 4) is 17.2 Å². The second-order valence-electron chi connectivity index (χ2n) is 5.09. The maximum absolute atomic E-state index is 5.34. The van der Waals surface area contributed by atoms with E-state index in [0.717, 1.165) is 22.2 Å². The molecule has 0 unspecified atom stereocenters. The number of aromatic nitrogens is 2. The maximum atomic E-state index is 5.34. The summed E-state index contributed by atoms with van der Waals surface area (Å²) in [6, 6.07) is 11.2. The molecule has 0 spiro atoms. The molecular formula is C18H18N4O3. The zero-order chi connectivity index (χ0) is 17.6. The maximum Gasteiger partial charge on any atom is 0.162 e. The second kappa shape index (κ2) is 7.48. The van der Waals surface area contributed by atoms with Crippen molar-refractivity contribution < 1.29 is 14.2 Å². The van der Waals surface area contributed by atoms with Crippen LogP contribution in [0, 0.1) is 0 Å². The molecule has 3 aromatic rings. The highest BCUT2D eigenvalue weighted by atomic mass is 16.5. The Morgan fingerprint density at radius 3 is 2.32 bits per heavy atom. The van der Waals surface area contributed by atoms with E-state index in [1.807, 2.05) is 30.3 Å². The molecule has 1 aromatic heterocycles. The minimum absolute atomic E-state index is 0.579. The SMILES string of the molecule is COc1ccc(/C=N/Nc2ncnc3cc(OC)c(OC)cc23)cc1. The van der Waals surface area contributed by atoms with Crippen LogP contribution in [0.15, 0.2) is 47.8 Å². The minimum atomic E-state index is 0.579. The van der Waals surface area contributed by atoms with Crippen molar-refractivity contribution in [3.05, 3.63) is 48.3 Å². The molecule has 7 heteroatoms. The molecule has 0 aliphatic rings. The van der Waals surface area contributed by atoms with Crippen LogP contribution < -0.4 is 19.6 Å². The second-order valence-corrected chi connectivity index (χ2v) is 5.09. The minimum Gasteiger partial charge on any atom is -0.497 e. The van der Waals surface area contributed by atoms with Crippen molar-refractivity contribution in [1.29, 1.82) is 0 Å². The number of nitrogens with one attached hydrogen (secondary N) is 1. The summed E-state index contributed by atoms with van der Waals surface area (Å²) in [5.74, 6) is 2.59. The molecule has 0 fully saturated rings. The summed E-state index contributed by atoms with van der Waals surface area (Å²) >= 11 is 0. The third-order valence-electron chi connectivity index (χ3n) is 3.64. The van der Waals surface area contributed by atoms with Gasteiger partial charge in [-0.2, -0.15) is 5.10 Å². The van der Waals surface area contributed by atoms with Gasteiger partial charge in [-0.15, -0.1) is 0 Å². The standard InChI is InChI=1S/C18H18N4O3/c1-23-13-6-4-12(5-7-13)10-21-22-18-14-8-16(24-2)17(25-3)9-15(14)19-11-20-18/h4-11H,1-3H3,(H,19,20,22)/b21-10+. The van der Waals surface area contributed by atoms with E-state index in [-0.39, 0.29) is 0 Å². The summed E-state index contributed by atoms with van der Waals surface area (Å²) in [7, 11) is 4.81. The fourth-order valence-electron chi connectivity index (χ4n) is 2.33. The van der Waals surface area contributed by atoms with Crippen LogP contribution in [0.5, 0.6) is 17.2 Å². The normalized spacial score (nSPS) is 10.8. The first kappa shape index (κ1) is 16.5. The number of hydrogen-bond acceptors (Lipinski definition) is 7. The zero-order valence-electron chi connectivity index (χ0n) is 14.2. The van der Waals surface area contributed by atoms with Crippen LogP contribution in [0.3, 0.4) is 0 Å². The predicted molar refractivity (Wildman–Crippen MR) is 96.9 cm³/mol. The molecule has 25 heavy (non-hydrogen) atoms. The van der Waals surface area contributed by atoms with Crippen LogP contribution in [0.1, 0.15) is 5.56 Å². The highest BCUT2D eigenvalue weighted by Gasteiger charge is 2.10. The zero-order valence-corrected chi connectivity index (χ0v) is 14.2. The molecular weight excluding hydrogens is 320 g/mol. The van der Waals surface area contributed by atoms with Crippen LogP contribution in [0.2, 0.25) is 0 Å². The topological polar surface area (TPSA) is 77.9 Å². The van der Waals surface area contributed by atoms with E-state index in [4.69, 9.17) is 14.2 Å². The van der Waals surface area contributed by atoms with E-state index in [9.17, 15) is 0 Å². The van der Waals surface area contributed by atoms with Crippen molar-refractivity contribution in [3.63, 3.8) is 0 Å². The molecule has 3 rings (SSSR count). The lowest BCUT2D eigenvalue weighted by molar-refractivity contribution is 0.356. The van der Waals surface area contributed by atoms with E-state index in [1.54, 1.807) is 33.6 Å². The number of benzene rings is 2. The lowest BCUT2D eigenvalue weighted by Crippen LogP contribution is -1.98. The number of anilines is 1. The Bertz CT molecular complexity index is 895. The molecule has 0 saturated carbocycles. The average molecular weight is 338 g/mol. The number of hydrogen-bond donors (Lipinski definition) is 1. The Kier molecular flexibility index (Phi) is 4.94. The Morgan fingerprint density at radius 1 is 0.920 bits per heavy atom. The van der Waals surface area contributed by atoms with Gasteiger partial charge in [0.1, 0.15) is 12.1 Å². The number of rotatable bonds is 6. The lowest BCUT2D eigenvalue weighted by atomic mass is 10.2. The molecule has 1 heterocycles. The van der Waals surface area contributed by atoms with Crippen molar-refractivity contribution in [2.24, 2.45) is 5.10 Å². The fourth-order valence-corrected chi connectivity index (χ4v) is 2.33. The van der Waals surface area contributed by atoms with Gasteiger partial charge in [0.15, 0.2) is 17.3 Å². The van der Waals surface area contributed by atoms with Crippen molar-refractivity contribution in [2.45, 2.75) is 0 Å². The molecule has 0 bridgehead atoms. The molecule has 0 aliphatic heterocycles. The number of methoxy groups -OCH3 is 3. The summed E-state index contributed by atoms with van der Waals surface area (Å²) in [5, 5.41) is 5.02. The molecule has 0 saturated heterocycles. The first-order chi connectivity index (χ1) is 12.2. The quantitative estimate of drug-likeness (QED) is 0.550. The summed E-state index contributed by atoms with van der Waals surface area (Å²) in [5.41, 5.74) is 4.61. The van der Waals surface area contributed by atoms with Crippen LogP contribution in [0.4, 0.5) is 5.82 Å². The average Bonchev–Trinajstić information content (AvgIpc) is 2.67. The van der Waals surface area contributed by atoms with Crippen LogP contribution >= 0.6 is 0 Å². The van der Waals surface area contributed by atoms with Gasteiger partial charge < -0.3 is 14.2 Å². The predicted octanol–water partition coefficient (Wildman–Crippen LogP) is 3.10. The van der Waals surface area contributed by atoms with Gasteiger partial charge in [-0.3, -0.25) is 5.43 Å². The molecule has 7 nitrogen and oxygen atoms in total. The van der Waals surface area contributed by atoms with Crippen LogP contribution in [0.25, 0.3) is 10.9 Å². The van der Waals surface area contributed by atoms with Crippen molar-refractivity contribution >= 4 is 22.9 Å². The van der Waals surface area contributed by atoms with Crippen LogP contribution in [-0.2, 0) is 0 Å². The van der Waals surface area contributed by atoms with E-state index in [0.29, 0.717) is 17.3 Å². The molecule has 0 atom stereocenters. The first-order valence-electron chi connectivity index (χ1n) is 7.55. The van der Waals surface area contributed by atoms with Gasteiger partial charge in [-0.1, -0.05) is 0 Å². The molecule has 0 radical (unpaired) electrons. The molecule has 0 amide bonds. The Hall–Kier alpha value is -3.35. The third kappa shape index (κ3) is 3.60. The molecule has 0 aliphatic carbocycles. The largest absolute Gasteiger partial charge is 0.497 e. The number of hydrazone groups is 1. The smallest absolute Gasteiger partial charge is 0.162 e. The monoisotopic (exact) mass is 338 g/mol. The Labute approximate surface area is 145 Å². The summed E-state index contributed by atoms with van der Waals surface area (Å²) in [6.45, 7) is 0. The number of nitrogens with zero attached hydrogens (tertiary/aromatic N) is 3. The fraction of sp³-hybridized carbons (Fsp3) is 0.167. The highest BCUT2D eigenvalue weighted by molar-refractivity contribution is 5.92. The highest BCUT2D eigenvalue weighted by Crippen LogP contribution is 2.33. The third-order valence-corrected chi connectivity index (χ3v) is 3.64.